The highest BCUT2D eigenvalue weighted by atomic mass is 32.2. The molecule has 0 saturated heterocycles. The Labute approximate surface area is 119 Å². The zero-order valence-corrected chi connectivity index (χ0v) is 13.5. The maximum atomic E-state index is 12.5. The summed E-state index contributed by atoms with van der Waals surface area (Å²) in [4.78, 5) is 0. The summed E-state index contributed by atoms with van der Waals surface area (Å²) in [6.45, 7) is 5.77. The first kappa shape index (κ1) is 16.9. The minimum Gasteiger partial charge on any atom is -0.320 e. The monoisotopic (exact) mass is 290 g/mol. The summed E-state index contributed by atoms with van der Waals surface area (Å²) in [5.41, 5.74) is 0. The zero-order valence-electron chi connectivity index (χ0n) is 12.7. The summed E-state index contributed by atoms with van der Waals surface area (Å²) in [5.74, 6) is 0.832. The van der Waals surface area contributed by atoms with Gasteiger partial charge in [0.25, 0.3) is 0 Å². The molecular weight excluding hydrogens is 260 g/mol. The molecule has 0 aromatic rings. The van der Waals surface area contributed by atoms with Gasteiger partial charge in [-0.15, -0.1) is 0 Å². The third-order valence-electron chi connectivity index (χ3n) is 3.85. The highest BCUT2D eigenvalue weighted by Crippen LogP contribution is 2.26. The summed E-state index contributed by atoms with van der Waals surface area (Å²) >= 11 is 0. The smallest absolute Gasteiger partial charge is 0.214 e. The first-order chi connectivity index (χ1) is 8.97. The summed E-state index contributed by atoms with van der Waals surface area (Å²) in [5, 5.41) is 3.02. The van der Waals surface area contributed by atoms with Gasteiger partial charge in [0.05, 0.1) is 5.75 Å². The first-order valence-corrected chi connectivity index (χ1v) is 9.22. The van der Waals surface area contributed by atoms with Gasteiger partial charge in [0.1, 0.15) is 0 Å². The molecule has 0 radical (unpaired) electrons. The molecule has 0 aromatic carbocycles. The zero-order chi connectivity index (χ0) is 14.3. The minimum atomic E-state index is -3.08. The number of nitrogens with zero attached hydrogens (tertiary/aromatic N) is 1. The molecule has 19 heavy (non-hydrogen) atoms. The topological polar surface area (TPSA) is 49.4 Å². The predicted octanol–water partition coefficient (Wildman–Crippen LogP) is 2.22. The van der Waals surface area contributed by atoms with E-state index in [0.717, 1.165) is 25.8 Å². The molecule has 0 unspecified atom stereocenters. The fourth-order valence-electron chi connectivity index (χ4n) is 2.68. The van der Waals surface area contributed by atoms with E-state index in [1.807, 2.05) is 11.4 Å². The second kappa shape index (κ2) is 8.22. The molecule has 1 N–H and O–H groups in total. The van der Waals surface area contributed by atoms with Gasteiger partial charge in [-0.1, -0.05) is 26.7 Å². The number of sulfonamides is 1. The van der Waals surface area contributed by atoms with Crippen molar-refractivity contribution < 1.29 is 8.42 Å². The molecule has 4 nitrogen and oxygen atoms in total. The van der Waals surface area contributed by atoms with Crippen molar-refractivity contribution in [3.05, 3.63) is 0 Å². The van der Waals surface area contributed by atoms with Crippen LogP contribution in [-0.4, -0.2) is 44.7 Å². The van der Waals surface area contributed by atoms with Crippen LogP contribution in [0.1, 0.15) is 52.4 Å². The lowest BCUT2D eigenvalue weighted by Crippen LogP contribution is -2.41. The van der Waals surface area contributed by atoms with Crippen LogP contribution in [0.2, 0.25) is 0 Å². The Morgan fingerprint density at radius 1 is 1.26 bits per heavy atom. The van der Waals surface area contributed by atoms with Crippen LogP contribution in [0.4, 0.5) is 0 Å². The van der Waals surface area contributed by atoms with Gasteiger partial charge in [0, 0.05) is 12.6 Å². The maximum Gasteiger partial charge on any atom is 0.214 e. The highest BCUT2D eigenvalue weighted by Gasteiger charge is 2.31. The standard InChI is InChI=1S/C14H30N2O2S/c1-13(2)9-11-16(14-7-4-5-8-14)19(17,18)12-6-10-15-3/h13-15H,4-12H2,1-3H3. The molecule has 0 aromatic heterocycles. The van der Waals surface area contributed by atoms with Crippen LogP contribution in [0.25, 0.3) is 0 Å². The van der Waals surface area contributed by atoms with Crippen molar-refractivity contribution in [2.75, 3.05) is 25.9 Å². The molecular formula is C14H30N2O2S. The third kappa shape index (κ3) is 5.79. The van der Waals surface area contributed by atoms with Crippen molar-refractivity contribution in [1.29, 1.82) is 0 Å². The van der Waals surface area contributed by atoms with E-state index >= 15 is 0 Å². The van der Waals surface area contributed by atoms with Gasteiger partial charge in [-0.3, -0.25) is 0 Å². The maximum absolute atomic E-state index is 12.5. The van der Waals surface area contributed by atoms with E-state index in [1.54, 1.807) is 0 Å². The van der Waals surface area contributed by atoms with Crippen LogP contribution >= 0.6 is 0 Å². The van der Waals surface area contributed by atoms with Gasteiger partial charge in [-0.2, -0.15) is 4.31 Å². The van der Waals surface area contributed by atoms with E-state index in [2.05, 4.69) is 19.2 Å². The fraction of sp³-hybridized carbons (Fsp3) is 1.00. The Bertz CT molecular complexity index is 335. The lowest BCUT2D eigenvalue weighted by molar-refractivity contribution is 0.304. The van der Waals surface area contributed by atoms with Crippen molar-refractivity contribution >= 4 is 10.0 Å². The van der Waals surface area contributed by atoms with Crippen LogP contribution in [0.15, 0.2) is 0 Å². The molecule has 1 aliphatic carbocycles. The summed E-state index contributed by atoms with van der Waals surface area (Å²) < 4.78 is 26.8. The van der Waals surface area contributed by atoms with Gasteiger partial charge >= 0.3 is 0 Å². The van der Waals surface area contributed by atoms with Crippen LogP contribution in [-0.2, 0) is 10.0 Å². The van der Waals surface area contributed by atoms with Crippen molar-refractivity contribution in [2.24, 2.45) is 5.92 Å². The van der Waals surface area contributed by atoms with E-state index in [4.69, 9.17) is 0 Å². The van der Waals surface area contributed by atoms with Gasteiger partial charge in [-0.05, 0) is 45.2 Å². The number of rotatable bonds is 9. The lowest BCUT2D eigenvalue weighted by atomic mass is 10.1. The normalized spacial score (nSPS) is 17.7. The predicted molar refractivity (Wildman–Crippen MR) is 80.7 cm³/mol. The fourth-order valence-corrected chi connectivity index (χ4v) is 4.47. The Morgan fingerprint density at radius 3 is 2.42 bits per heavy atom. The van der Waals surface area contributed by atoms with E-state index in [-0.39, 0.29) is 11.8 Å². The molecule has 0 atom stereocenters. The van der Waals surface area contributed by atoms with Gasteiger partial charge in [0.15, 0.2) is 0 Å². The van der Waals surface area contributed by atoms with Crippen LogP contribution in [0.3, 0.4) is 0 Å². The van der Waals surface area contributed by atoms with Gasteiger partial charge < -0.3 is 5.32 Å². The summed E-state index contributed by atoms with van der Waals surface area (Å²) in [6, 6.07) is 0.262. The van der Waals surface area contributed by atoms with Crippen molar-refractivity contribution in [2.45, 2.75) is 58.4 Å². The highest BCUT2D eigenvalue weighted by molar-refractivity contribution is 7.89. The third-order valence-corrected chi connectivity index (χ3v) is 5.85. The second-order valence-corrected chi connectivity index (χ2v) is 8.05. The minimum absolute atomic E-state index is 0.262. The first-order valence-electron chi connectivity index (χ1n) is 7.61. The average molecular weight is 290 g/mol. The van der Waals surface area contributed by atoms with Gasteiger partial charge in [0.2, 0.25) is 10.0 Å². The molecule has 1 aliphatic rings. The van der Waals surface area contributed by atoms with Gasteiger partial charge in [-0.25, -0.2) is 8.42 Å². The number of hydrogen-bond donors (Lipinski definition) is 1. The molecule has 1 rings (SSSR count). The lowest BCUT2D eigenvalue weighted by Gasteiger charge is -2.28. The molecule has 1 fully saturated rings. The molecule has 1 saturated carbocycles. The van der Waals surface area contributed by atoms with Crippen molar-refractivity contribution in [1.82, 2.24) is 9.62 Å². The SMILES string of the molecule is CNCCCS(=O)(=O)N(CCC(C)C)C1CCCC1. The molecule has 114 valence electrons. The van der Waals surface area contributed by atoms with E-state index in [1.165, 1.54) is 12.8 Å². The van der Waals surface area contributed by atoms with E-state index < -0.39 is 10.0 Å². The van der Waals surface area contributed by atoms with Crippen LogP contribution in [0, 0.1) is 5.92 Å². The molecule has 0 spiro atoms. The molecule has 5 heteroatoms. The quantitative estimate of drug-likeness (QED) is 0.662. The Morgan fingerprint density at radius 2 is 1.89 bits per heavy atom. The Balaban J connectivity index is 2.64. The molecule has 0 amide bonds. The van der Waals surface area contributed by atoms with Crippen LogP contribution < -0.4 is 5.32 Å². The van der Waals surface area contributed by atoms with Crippen molar-refractivity contribution in [3.63, 3.8) is 0 Å². The molecule has 0 bridgehead atoms. The Hall–Kier alpha value is -0.130. The summed E-state index contributed by atoms with van der Waals surface area (Å²) in [7, 11) is -1.22. The summed E-state index contributed by atoms with van der Waals surface area (Å²) in [6.07, 6.45) is 6.10. The number of hydrogen-bond acceptors (Lipinski definition) is 3. The van der Waals surface area contributed by atoms with E-state index in [0.29, 0.717) is 18.9 Å². The van der Waals surface area contributed by atoms with Crippen molar-refractivity contribution in [3.8, 4) is 0 Å². The molecule has 0 heterocycles. The number of nitrogens with one attached hydrogen (secondary N) is 1. The Kier molecular flexibility index (Phi) is 7.32. The second-order valence-electron chi connectivity index (χ2n) is 6.00. The largest absolute Gasteiger partial charge is 0.320 e. The van der Waals surface area contributed by atoms with Crippen LogP contribution in [0.5, 0.6) is 0 Å². The van der Waals surface area contributed by atoms with E-state index in [9.17, 15) is 8.42 Å². The molecule has 0 aliphatic heterocycles. The average Bonchev–Trinajstić information content (AvgIpc) is 2.82.